The maximum absolute atomic E-state index is 11.1. The monoisotopic (exact) mass is 385 g/mol. The number of likely N-dealkylation sites (tertiary alicyclic amines) is 1. The van der Waals surface area contributed by atoms with Crippen LogP contribution in [0.2, 0.25) is 0 Å². The zero-order chi connectivity index (χ0) is 20.1. The minimum absolute atomic E-state index is 0.0294. The Kier molecular flexibility index (Phi) is 5.80. The van der Waals surface area contributed by atoms with Crippen LogP contribution in [0.4, 0.5) is 17.1 Å². The van der Waals surface area contributed by atoms with Crippen molar-refractivity contribution in [2.24, 2.45) is 5.10 Å². The first-order chi connectivity index (χ1) is 13.4. The molecule has 1 saturated heterocycles. The molecular formula is C18H19N5O5. The first-order valence-electron chi connectivity index (χ1n) is 8.70. The molecule has 2 aromatic carbocycles. The van der Waals surface area contributed by atoms with Gasteiger partial charge in [-0.15, -0.1) is 0 Å². The number of nitrogens with zero attached hydrogens (tertiary/aromatic N) is 4. The van der Waals surface area contributed by atoms with E-state index in [0.29, 0.717) is 12.1 Å². The van der Waals surface area contributed by atoms with E-state index in [9.17, 15) is 25.3 Å². The lowest BCUT2D eigenvalue weighted by atomic mass is 10.1. The first-order valence-corrected chi connectivity index (χ1v) is 8.70. The fourth-order valence-corrected chi connectivity index (χ4v) is 3.03. The molecule has 146 valence electrons. The molecule has 1 fully saturated rings. The number of nitrogens with one attached hydrogen (secondary N) is 1. The van der Waals surface area contributed by atoms with Crippen LogP contribution >= 0.6 is 0 Å². The zero-order valence-electron chi connectivity index (χ0n) is 14.9. The largest absolute Gasteiger partial charge is 0.508 e. The molecule has 28 heavy (non-hydrogen) atoms. The highest BCUT2D eigenvalue weighted by Gasteiger charge is 2.19. The molecule has 0 atom stereocenters. The summed E-state index contributed by atoms with van der Waals surface area (Å²) in [5, 5.41) is 36.0. The Balaban J connectivity index is 1.69. The van der Waals surface area contributed by atoms with Gasteiger partial charge in [0.2, 0.25) is 0 Å². The van der Waals surface area contributed by atoms with E-state index >= 15 is 0 Å². The van der Waals surface area contributed by atoms with Crippen LogP contribution in [-0.4, -0.2) is 39.2 Å². The van der Waals surface area contributed by atoms with Crippen molar-refractivity contribution < 1.29 is 15.0 Å². The van der Waals surface area contributed by atoms with Crippen LogP contribution < -0.4 is 5.43 Å². The van der Waals surface area contributed by atoms with E-state index in [1.165, 1.54) is 25.1 Å². The maximum atomic E-state index is 11.1. The van der Waals surface area contributed by atoms with Gasteiger partial charge in [-0.3, -0.25) is 30.6 Å². The van der Waals surface area contributed by atoms with Crippen molar-refractivity contribution in [3.8, 4) is 5.75 Å². The highest BCUT2D eigenvalue weighted by Crippen LogP contribution is 2.29. The number of phenolic OH excluding ortho intramolecular Hbond substituents is 1. The summed E-state index contributed by atoms with van der Waals surface area (Å²) < 4.78 is 0. The quantitative estimate of drug-likeness (QED) is 0.424. The topological polar surface area (TPSA) is 134 Å². The molecule has 0 aliphatic carbocycles. The Labute approximate surface area is 160 Å². The standard InChI is InChI=1S/C18H19N5O5/c24-18-9-13(3-4-14(18)12-21-7-1-2-8-21)11-19-20-16-6-5-15(22(25)26)10-17(16)23(27)28/h3-6,9-11,20,24H,1-2,7-8,12H2/b19-11+. The minimum Gasteiger partial charge on any atom is -0.508 e. The summed E-state index contributed by atoms with van der Waals surface area (Å²) in [6.45, 7) is 2.75. The van der Waals surface area contributed by atoms with Gasteiger partial charge in [-0.25, -0.2) is 0 Å². The van der Waals surface area contributed by atoms with E-state index in [1.807, 2.05) is 6.07 Å². The van der Waals surface area contributed by atoms with Crippen LogP contribution in [0, 0.1) is 20.2 Å². The van der Waals surface area contributed by atoms with Gasteiger partial charge >= 0.3 is 5.69 Å². The third kappa shape index (κ3) is 4.60. The van der Waals surface area contributed by atoms with Crippen LogP contribution in [0.25, 0.3) is 0 Å². The van der Waals surface area contributed by atoms with Gasteiger partial charge in [-0.1, -0.05) is 12.1 Å². The van der Waals surface area contributed by atoms with Crippen LogP contribution in [0.15, 0.2) is 41.5 Å². The molecule has 2 aromatic rings. The predicted octanol–water partition coefficient (Wildman–Crippen LogP) is 3.25. The maximum Gasteiger partial charge on any atom is 0.301 e. The van der Waals surface area contributed by atoms with Gasteiger partial charge in [0.1, 0.15) is 11.4 Å². The number of anilines is 1. The summed E-state index contributed by atoms with van der Waals surface area (Å²) in [4.78, 5) is 22.7. The lowest BCUT2D eigenvalue weighted by Gasteiger charge is -2.15. The Bertz CT molecular complexity index is 925. The molecule has 1 aliphatic heterocycles. The average Bonchev–Trinajstić information content (AvgIpc) is 3.17. The Morgan fingerprint density at radius 2 is 1.86 bits per heavy atom. The molecule has 10 heteroatoms. The summed E-state index contributed by atoms with van der Waals surface area (Å²) in [5.41, 5.74) is 3.16. The Morgan fingerprint density at radius 1 is 1.11 bits per heavy atom. The number of hydrogen-bond acceptors (Lipinski definition) is 8. The Hall–Kier alpha value is -3.53. The zero-order valence-corrected chi connectivity index (χ0v) is 14.9. The second kappa shape index (κ2) is 8.44. The number of benzene rings is 2. The smallest absolute Gasteiger partial charge is 0.301 e. The van der Waals surface area contributed by atoms with Crippen molar-refractivity contribution in [3.05, 3.63) is 67.8 Å². The Morgan fingerprint density at radius 3 is 2.50 bits per heavy atom. The lowest BCUT2D eigenvalue weighted by Crippen LogP contribution is -2.18. The van der Waals surface area contributed by atoms with Gasteiger partial charge in [-0.2, -0.15) is 5.10 Å². The molecule has 0 amide bonds. The molecule has 0 saturated carbocycles. The van der Waals surface area contributed by atoms with E-state index in [1.54, 1.807) is 12.1 Å². The first kappa shape index (κ1) is 19.2. The number of rotatable bonds is 7. The fourth-order valence-electron chi connectivity index (χ4n) is 3.03. The summed E-state index contributed by atoms with van der Waals surface area (Å²) in [7, 11) is 0. The summed E-state index contributed by atoms with van der Waals surface area (Å²) in [6.07, 6.45) is 3.75. The highest BCUT2D eigenvalue weighted by atomic mass is 16.6. The van der Waals surface area contributed by atoms with Crippen molar-refractivity contribution >= 4 is 23.3 Å². The molecule has 1 aliphatic rings. The number of hydrazone groups is 1. The predicted molar refractivity (Wildman–Crippen MR) is 104 cm³/mol. The number of non-ortho nitro benzene ring substituents is 1. The SMILES string of the molecule is O=[N+]([O-])c1ccc(N/N=C/c2ccc(CN3CCCC3)c(O)c2)c([N+](=O)[O-])c1. The minimum atomic E-state index is -0.718. The van der Waals surface area contributed by atoms with Crippen LogP contribution in [-0.2, 0) is 6.54 Å². The van der Waals surface area contributed by atoms with Crippen LogP contribution in [0.1, 0.15) is 24.0 Å². The second-order valence-corrected chi connectivity index (χ2v) is 6.46. The van der Waals surface area contributed by atoms with Crippen molar-refractivity contribution in [2.45, 2.75) is 19.4 Å². The average molecular weight is 385 g/mol. The summed E-state index contributed by atoms with van der Waals surface area (Å²) in [6, 6.07) is 8.44. The summed E-state index contributed by atoms with van der Waals surface area (Å²) >= 11 is 0. The van der Waals surface area contributed by atoms with Gasteiger partial charge in [-0.05, 0) is 43.6 Å². The molecule has 0 aromatic heterocycles. The number of nitro groups is 2. The van der Waals surface area contributed by atoms with Gasteiger partial charge in [0.15, 0.2) is 0 Å². The van der Waals surface area contributed by atoms with Gasteiger partial charge < -0.3 is 5.11 Å². The molecule has 10 nitrogen and oxygen atoms in total. The van der Waals surface area contributed by atoms with E-state index in [2.05, 4.69) is 15.4 Å². The molecule has 0 radical (unpaired) electrons. The lowest BCUT2D eigenvalue weighted by molar-refractivity contribution is -0.393. The van der Waals surface area contributed by atoms with Gasteiger partial charge in [0.05, 0.1) is 22.1 Å². The van der Waals surface area contributed by atoms with Gasteiger partial charge in [0, 0.05) is 18.2 Å². The van der Waals surface area contributed by atoms with Crippen molar-refractivity contribution in [3.63, 3.8) is 0 Å². The van der Waals surface area contributed by atoms with Crippen LogP contribution in [0.5, 0.6) is 5.75 Å². The number of nitro benzene ring substituents is 2. The van der Waals surface area contributed by atoms with E-state index in [0.717, 1.165) is 30.8 Å². The molecule has 2 N–H and O–H groups in total. The number of aromatic hydroxyl groups is 1. The molecular weight excluding hydrogens is 366 g/mol. The van der Waals surface area contributed by atoms with Crippen molar-refractivity contribution in [2.75, 3.05) is 18.5 Å². The number of hydrogen-bond donors (Lipinski definition) is 2. The molecule has 3 rings (SSSR count). The van der Waals surface area contributed by atoms with E-state index in [-0.39, 0.29) is 17.1 Å². The molecule has 0 bridgehead atoms. The second-order valence-electron chi connectivity index (χ2n) is 6.46. The fraction of sp³-hybridized carbons (Fsp3) is 0.278. The third-order valence-corrected chi connectivity index (χ3v) is 4.49. The molecule has 0 spiro atoms. The van der Waals surface area contributed by atoms with Crippen LogP contribution in [0.3, 0.4) is 0 Å². The third-order valence-electron chi connectivity index (χ3n) is 4.49. The normalized spacial score (nSPS) is 14.4. The number of phenols is 1. The van der Waals surface area contributed by atoms with E-state index < -0.39 is 15.5 Å². The summed E-state index contributed by atoms with van der Waals surface area (Å²) in [5.74, 6) is 0.164. The van der Waals surface area contributed by atoms with Crippen molar-refractivity contribution in [1.29, 1.82) is 0 Å². The van der Waals surface area contributed by atoms with Crippen molar-refractivity contribution in [1.82, 2.24) is 4.90 Å². The highest BCUT2D eigenvalue weighted by molar-refractivity contribution is 5.81. The molecule has 1 heterocycles. The van der Waals surface area contributed by atoms with E-state index in [4.69, 9.17) is 0 Å². The van der Waals surface area contributed by atoms with Gasteiger partial charge in [0.25, 0.3) is 5.69 Å². The molecule has 0 unspecified atom stereocenters.